The molecule has 2 rings (SSSR count). The van der Waals surface area contributed by atoms with Gasteiger partial charge in [0.15, 0.2) is 4.90 Å². The first-order valence-electron chi connectivity index (χ1n) is 6.58. The number of halogens is 1. The lowest BCUT2D eigenvalue weighted by molar-refractivity contribution is -0.387. The highest BCUT2D eigenvalue weighted by Gasteiger charge is 2.29. The fourth-order valence-electron chi connectivity index (χ4n) is 2.05. The quantitative estimate of drug-likeness (QED) is 0.471. The molecule has 0 radical (unpaired) electrons. The minimum absolute atomic E-state index is 0.0681. The Morgan fingerprint density at radius 2 is 1.70 bits per heavy atom. The van der Waals surface area contributed by atoms with Crippen LogP contribution in [0.4, 0.5) is 5.69 Å². The van der Waals surface area contributed by atoms with Gasteiger partial charge in [-0.25, -0.2) is 0 Å². The summed E-state index contributed by atoms with van der Waals surface area (Å²) < 4.78 is 30.2. The van der Waals surface area contributed by atoms with Gasteiger partial charge < -0.3 is 4.18 Å². The average molecular weight is 356 g/mol. The van der Waals surface area contributed by atoms with Crippen LogP contribution in [0, 0.1) is 30.9 Å². The van der Waals surface area contributed by atoms with Gasteiger partial charge in [0.25, 0.3) is 5.69 Å². The molecule has 0 aliphatic rings. The van der Waals surface area contributed by atoms with Crippen molar-refractivity contribution < 1.29 is 17.5 Å². The maximum atomic E-state index is 12.5. The van der Waals surface area contributed by atoms with Crippen molar-refractivity contribution in [3.8, 4) is 5.75 Å². The van der Waals surface area contributed by atoms with Crippen LogP contribution in [0.3, 0.4) is 0 Å². The summed E-state index contributed by atoms with van der Waals surface area (Å²) in [5.41, 5.74) is 1.50. The number of aryl methyl sites for hydroxylation is 2. The van der Waals surface area contributed by atoms with Crippen LogP contribution < -0.4 is 4.18 Å². The molecule has 0 fully saturated rings. The van der Waals surface area contributed by atoms with Crippen molar-refractivity contribution >= 4 is 27.4 Å². The van der Waals surface area contributed by atoms with E-state index in [1.165, 1.54) is 6.07 Å². The molecule has 0 saturated carbocycles. The Kier molecular flexibility index (Phi) is 4.63. The fourth-order valence-corrected chi connectivity index (χ4v) is 3.41. The van der Waals surface area contributed by atoms with E-state index >= 15 is 0 Å². The first-order chi connectivity index (χ1) is 10.6. The van der Waals surface area contributed by atoms with Gasteiger partial charge >= 0.3 is 10.1 Å². The van der Waals surface area contributed by atoms with E-state index in [-0.39, 0.29) is 10.8 Å². The minimum Gasteiger partial charge on any atom is -0.378 e. The molecule has 0 amide bonds. The summed E-state index contributed by atoms with van der Waals surface area (Å²) in [6.45, 7) is 5.25. The maximum absolute atomic E-state index is 12.5. The van der Waals surface area contributed by atoms with Gasteiger partial charge in [-0.1, -0.05) is 23.7 Å². The Morgan fingerprint density at radius 3 is 2.30 bits per heavy atom. The van der Waals surface area contributed by atoms with E-state index in [0.29, 0.717) is 11.1 Å². The van der Waals surface area contributed by atoms with Crippen LogP contribution in [0.25, 0.3) is 0 Å². The third-order valence-electron chi connectivity index (χ3n) is 3.45. The summed E-state index contributed by atoms with van der Waals surface area (Å²) in [4.78, 5) is 9.75. The topological polar surface area (TPSA) is 86.5 Å². The van der Waals surface area contributed by atoms with E-state index < -0.39 is 25.6 Å². The molecule has 0 unspecified atom stereocenters. The van der Waals surface area contributed by atoms with Crippen LogP contribution in [-0.2, 0) is 10.1 Å². The third kappa shape index (κ3) is 3.46. The van der Waals surface area contributed by atoms with Crippen LogP contribution in [0.15, 0.2) is 35.2 Å². The molecule has 0 heterocycles. The lowest BCUT2D eigenvalue weighted by atomic mass is 10.1. The van der Waals surface area contributed by atoms with E-state index in [1.54, 1.807) is 19.9 Å². The Labute approximate surface area is 138 Å². The largest absolute Gasteiger partial charge is 0.378 e. The predicted octanol–water partition coefficient (Wildman–Crippen LogP) is 3.94. The standard InChI is InChI=1S/C15H14ClNO5S/c1-9-4-5-10(2)15(11(9)3)22-23(20,21)14-7-6-12(16)8-13(14)17(18)19/h4-8H,1-3H3. The van der Waals surface area contributed by atoms with E-state index in [4.69, 9.17) is 15.8 Å². The zero-order valence-corrected chi connectivity index (χ0v) is 14.2. The summed E-state index contributed by atoms with van der Waals surface area (Å²) in [6.07, 6.45) is 0. The molecule has 6 nitrogen and oxygen atoms in total. The Morgan fingerprint density at radius 1 is 1.09 bits per heavy atom. The summed E-state index contributed by atoms with van der Waals surface area (Å²) in [5, 5.41) is 11.2. The number of hydrogen-bond acceptors (Lipinski definition) is 5. The molecule has 0 N–H and O–H groups in total. The molecule has 2 aromatic carbocycles. The molecule has 0 atom stereocenters. The van der Waals surface area contributed by atoms with Gasteiger partial charge in [0.1, 0.15) is 5.75 Å². The Balaban J connectivity index is 2.58. The highest BCUT2D eigenvalue weighted by molar-refractivity contribution is 7.87. The number of nitro groups is 1. The molecule has 122 valence electrons. The molecule has 0 aromatic heterocycles. The normalized spacial score (nSPS) is 11.3. The van der Waals surface area contributed by atoms with Crippen LogP contribution in [0.1, 0.15) is 16.7 Å². The number of nitrogens with zero attached hydrogens (tertiary/aromatic N) is 1. The minimum atomic E-state index is -4.37. The summed E-state index contributed by atoms with van der Waals surface area (Å²) in [6, 6.07) is 6.88. The van der Waals surface area contributed by atoms with Gasteiger partial charge in [-0.3, -0.25) is 10.1 Å². The fraction of sp³-hybridized carbons (Fsp3) is 0.200. The smallest absolute Gasteiger partial charge is 0.346 e. The van der Waals surface area contributed by atoms with Crippen molar-refractivity contribution in [3.63, 3.8) is 0 Å². The lowest BCUT2D eigenvalue weighted by Crippen LogP contribution is -2.13. The maximum Gasteiger partial charge on any atom is 0.346 e. The van der Waals surface area contributed by atoms with Crippen molar-refractivity contribution in [2.45, 2.75) is 25.7 Å². The molecule has 0 bridgehead atoms. The van der Waals surface area contributed by atoms with Crippen molar-refractivity contribution in [3.05, 3.63) is 62.2 Å². The summed E-state index contributed by atoms with van der Waals surface area (Å²) in [7, 11) is -4.37. The van der Waals surface area contributed by atoms with Gasteiger partial charge in [-0.05, 0) is 49.6 Å². The number of hydrogen-bond donors (Lipinski definition) is 0. The van der Waals surface area contributed by atoms with Crippen LogP contribution in [0.5, 0.6) is 5.75 Å². The molecule has 23 heavy (non-hydrogen) atoms. The highest BCUT2D eigenvalue weighted by Crippen LogP contribution is 2.32. The average Bonchev–Trinajstić information content (AvgIpc) is 2.47. The second kappa shape index (κ2) is 6.17. The first kappa shape index (κ1) is 17.2. The van der Waals surface area contributed by atoms with E-state index in [9.17, 15) is 18.5 Å². The van der Waals surface area contributed by atoms with Crippen LogP contribution in [-0.4, -0.2) is 13.3 Å². The molecule has 0 aliphatic heterocycles. The molecule has 0 saturated heterocycles. The third-order valence-corrected chi connectivity index (χ3v) is 4.96. The zero-order valence-electron chi connectivity index (χ0n) is 12.7. The van der Waals surface area contributed by atoms with Crippen molar-refractivity contribution in [1.82, 2.24) is 0 Å². The lowest BCUT2D eigenvalue weighted by Gasteiger charge is -2.13. The summed E-state index contributed by atoms with van der Waals surface area (Å²) >= 11 is 5.70. The van der Waals surface area contributed by atoms with E-state index in [1.807, 2.05) is 13.0 Å². The second-order valence-corrected chi connectivity index (χ2v) is 7.01. The first-order valence-corrected chi connectivity index (χ1v) is 8.37. The molecular weight excluding hydrogens is 342 g/mol. The Hall–Kier alpha value is -2.12. The molecule has 0 spiro atoms. The Bertz CT molecular complexity index is 893. The molecule has 2 aromatic rings. The van der Waals surface area contributed by atoms with Crippen LogP contribution in [0.2, 0.25) is 5.02 Å². The second-order valence-electron chi connectivity index (χ2n) is 5.06. The molecule has 8 heteroatoms. The van der Waals surface area contributed by atoms with Gasteiger partial charge in [0.05, 0.1) is 4.92 Å². The predicted molar refractivity (Wildman–Crippen MR) is 86.6 cm³/mol. The van der Waals surface area contributed by atoms with Gasteiger partial charge in [0.2, 0.25) is 0 Å². The number of nitro benzene ring substituents is 1. The van der Waals surface area contributed by atoms with E-state index in [0.717, 1.165) is 17.7 Å². The van der Waals surface area contributed by atoms with Gasteiger partial charge in [-0.15, -0.1) is 0 Å². The molecular formula is C15H14ClNO5S. The van der Waals surface area contributed by atoms with Crippen molar-refractivity contribution in [1.29, 1.82) is 0 Å². The monoisotopic (exact) mass is 355 g/mol. The molecule has 0 aliphatic carbocycles. The summed E-state index contributed by atoms with van der Waals surface area (Å²) in [5.74, 6) is 0.175. The number of rotatable bonds is 4. The highest BCUT2D eigenvalue weighted by atomic mass is 35.5. The van der Waals surface area contributed by atoms with Crippen molar-refractivity contribution in [2.75, 3.05) is 0 Å². The van der Waals surface area contributed by atoms with Crippen molar-refractivity contribution in [2.24, 2.45) is 0 Å². The number of benzene rings is 2. The zero-order chi connectivity index (χ0) is 17.4. The SMILES string of the molecule is Cc1ccc(C)c(OS(=O)(=O)c2ccc(Cl)cc2[N+](=O)[O-])c1C. The van der Waals surface area contributed by atoms with Crippen LogP contribution >= 0.6 is 11.6 Å². The van der Waals surface area contributed by atoms with Gasteiger partial charge in [0, 0.05) is 11.1 Å². The van der Waals surface area contributed by atoms with E-state index in [2.05, 4.69) is 0 Å². The van der Waals surface area contributed by atoms with Gasteiger partial charge in [-0.2, -0.15) is 8.42 Å².